The smallest absolute Gasteiger partial charge is 0.406 e. The minimum Gasteiger partial charge on any atom is -0.406 e. The number of nitrogens with one attached hydrogen (secondary N) is 1. The number of carbonyl (C=O) groups excluding carboxylic acids is 1. The van der Waals surface area contributed by atoms with Crippen LogP contribution >= 0.6 is 11.6 Å². The summed E-state index contributed by atoms with van der Waals surface area (Å²) in [6.45, 7) is 1.46. The minimum absolute atomic E-state index is 0.0380. The van der Waals surface area contributed by atoms with E-state index in [0.29, 0.717) is 0 Å². The molecule has 0 aliphatic heterocycles. The van der Waals surface area contributed by atoms with E-state index in [4.69, 9.17) is 16.1 Å². The Morgan fingerprint density at radius 3 is 2.46 bits per heavy atom. The summed E-state index contributed by atoms with van der Waals surface area (Å²) in [7, 11) is 0. The van der Waals surface area contributed by atoms with E-state index >= 15 is 0 Å². The largest absolute Gasteiger partial charge is 0.573 e. The van der Waals surface area contributed by atoms with Gasteiger partial charge in [0.15, 0.2) is 0 Å². The molecule has 0 radical (unpaired) electrons. The van der Waals surface area contributed by atoms with Crippen molar-refractivity contribution in [2.75, 3.05) is 5.32 Å². The summed E-state index contributed by atoms with van der Waals surface area (Å²) >= 11 is 6.02. The average Bonchev–Trinajstić information content (AvgIpc) is 2.96. The van der Waals surface area contributed by atoms with Crippen LogP contribution in [0.3, 0.4) is 0 Å². The number of aromatic nitrogens is 1. The van der Waals surface area contributed by atoms with Crippen molar-refractivity contribution in [3.8, 4) is 17.0 Å². The zero-order valence-electron chi connectivity index (χ0n) is 14.1. The topological polar surface area (TPSA) is 64.4 Å². The van der Waals surface area contributed by atoms with Gasteiger partial charge in [0.2, 0.25) is 0 Å². The van der Waals surface area contributed by atoms with Crippen LogP contribution in [-0.4, -0.2) is 17.4 Å². The molecule has 0 saturated heterocycles. The van der Waals surface area contributed by atoms with Crippen LogP contribution in [0.5, 0.6) is 5.75 Å². The van der Waals surface area contributed by atoms with Crippen LogP contribution in [0.2, 0.25) is 5.02 Å². The van der Waals surface area contributed by atoms with Gasteiger partial charge in [0.05, 0.1) is 10.6 Å². The first kappa shape index (κ1) is 19.7. The number of ether oxygens (including phenoxy) is 1. The Kier molecular flexibility index (Phi) is 5.28. The van der Waals surface area contributed by atoms with Crippen molar-refractivity contribution in [1.29, 1.82) is 0 Å². The molecule has 0 unspecified atom stereocenters. The van der Waals surface area contributed by atoms with Crippen LogP contribution in [0.1, 0.15) is 16.1 Å². The van der Waals surface area contributed by atoms with Gasteiger partial charge in [-0.3, -0.25) is 4.79 Å². The van der Waals surface area contributed by atoms with Crippen molar-refractivity contribution in [2.24, 2.45) is 0 Å². The lowest BCUT2D eigenvalue weighted by Crippen LogP contribution is -2.17. The molecule has 10 heteroatoms. The van der Waals surface area contributed by atoms with Crippen LogP contribution in [0, 0.1) is 12.7 Å². The Hall–Kier alpha value is -3.07. The molecule has 146 valence electrons. The van der Waals surface area contributed by atoms with E-state index in [1.54, 1.807) is 0 Å². The monoisotopic (exact) mass is 414 g/mol. The van der Waals surface area contributed by atoms with Crippen molar-refractivity contribution in [1.82, 2.24) is 5.16 Å². The molecule has 0 fully saturated rings. The summed E-state index contributed by atoms with van der Waals surface area (Å²) in [5.74, 6) is -1.71. The number of nitrogens with zero attached hydrogens (tertiary/aromatic N) is 1. The molecule has 28 heavy (non-hydrogen) atoms. The number of aryl methyl sites for hydroxylation is 1. The third-order valence-electron chi connectivity index (χ3n) is 3.64. The third-order valence-corrected chi connectivity index (χ3v) is 3.95. The molecular weight excluding hydrogens is 404 g/mol. The summed E-state index contributed by atoms with van der Waals surface area (Å²) in [5.41, 5.74) is -0.0523. The highest BCUT2D eigenvalue weighted by Gasteiger charge is 2.31. The van der Waals surface area contributed by atoms with Gasteiger partial charge in [0, 0.05) is 5.69 Å². The van der Waals surface area contributed by atoms with Crippen molar-refractivity contribution >= 4 is 23.2 Å². The van der Waals surface area contributed by atoms with Gasteiger partial charge in [-0.2, -0.15) is 0 Å². The first-order valence-corrected chi connectivity index (χ1v) is 8.11. The zero-order valence-corrected chi connectivity index (χ0v) is 14.9. The number of amides is 1. The van der Waals surface area contributed by atoms with Crippen molar-refractivity contribution in [2.45, 2.75) is 13.3 Å². The Balaban J connectivity index is 1.87. The highest BCUT2D eigenvalue weighted by atomic mass is 35.5. The molecule has 1 amide bonds. The molecule has 0 atom stereocenters. The van der Waals surface area contributed by atoms with Gasteiger partial charge in [0.1, 0.15) is 28.6 Å². The molecule has 3 rings (SSSR count). The molecule has 3 aromatic rings. The van der Waals surface area contributed by atoms with Gasteiger partial charge in [-0.1, -0.05) is 22.8 Å². The van der Waals surface area contributed by atoms with Gasteiger partial charge in [0.25, 0.3) is 5.91 Å². The van der Waals surface area contributed by atoms with E-state index in [-0.39, 0.29) is 33.3 Å². The number of benzene rings is 2. The average molecular weight is 415 g/mol. The van der Waals surface area contributed by atoms with E-state index in [9.17, 15) is 22.4 Å². The van der Waals surface area contributed by atoms with E-state index in [1.807, 2.05) is 0 Å². The number of hydrogen-bond acceptors (Lipinski definition) is 4. The standard InChI is InChI=1S/C18H11ClF4N2O3/c1-9-14(16(25-28-9)15-12(19)3-2-4-13(15)20)17(26)24-10-5-7-11(8-6-10)27-18(21,22)23/h2-8H,1H3,(H,24,26). The molecule has 1 aromatic heterocycles. The molecule has 1 heterocycles. The second kappa shape index (κ2) is 7.51. The van der Waals surface area contributed by atoms with Gasteiger partial charge in [-0.15, -0.1) is 13.2 Å². The maximum Gasteiger partial charge on any atom is 0.573 e. The van der Waals surface area contributed by atoms with E-state index in [1.165, 1.54) is 31.2 Å². The molecule has 0 aliphatic rings. The fourth-order valence-corrected chi connectivity index (χ4v) is 2.72. The first-order valence-electron chi connectivity index (χ1n) is 7.73. The molecule has 2 aromatic carbocycles. The summed E-state index contributed by atoms with van der Waals surface area (Å²) < 4.78 is 59.6. The molecule has 0 bridgehead atoms. The third kappa shape index (κ3) is 4.25. The van der Waals surface area contributed by atoms with Crippen LogP contribution in [-0.2, 0) is 0 Å². The summed E-state index contributed by atoms with van der Waals surface area (Å²) in [5, 5.41) is 6.24. The lowest BCUT2D eigenvalue weighted by molar-refractivity contribution is -0.274. The van der Waals surface area contributed by atoms with Gasteiger partial charge in [-0.05, 0) is 43.3 Å². The summed E-state index contributed by atoms with van der Waals surface area (Å²) in [6.07, 6.45) is -4.82. The summed E-state index contributed by atoms with van der Waals surface area (Å²) in [4.78, 5) is 12.6. The Morgan fingerprint density at radius 2 is 1.86 bits per heavy atom. The number of halogens is 5. The van der Waals surface area contributed by atoms with Gasteiger partial charge >= 0.3 is 6.36 Å². The highest BCUT2D eigenvalue weighted by molar-refractivity contribution is 6.33. The molecule has 0 aliphatic carbocycles. The fourth-order valence-electron chi connectivity index (χ4n) is 2.47. The zero-order chi connectivity index (χ0) is 20.5. The normalized spacial score (nSPS) is 11.4. The minimum atomic E-state index is -4.82. The predicted octanol–water partition coefficient (Wildman–Crippen LogP) is 5.59. The van der Waals surface area contributed by atoms with Crippen molar-refractivity contribution in [3.63, 3.8) is 0 Å². The van der Waals surface area contributed by atoms with Gasteiger partial charge < -0.3 is 14.6 Å². The lowest BCUT2D eigenvalue weighted by Gasteiger charge is -2.10. The number of rotatable bonds is 4. The second-order valence-electron chi connectivity index (χ2n) is 5.59. The lowest BCUT2D eigenvalue weighted by atomic mass is 10.0. The molecule has 5 nitrogen and oxygen atoms in total. The molecule has 0 spiro atoms. The van der Waals surface area contributed by atoms with E-state index in [2.05, 4.69) is 15.2 Å². The van der Waals surface area contributed by atoms with Crippen LogP contribution < -0.4 is 10.1 Å². The Morgan fingerprint density at radius 1 is 1.18 bits per heavy atom. The molecule has 1 N–H and O–H groups in total. The second-order valence-corrected chi connectivity index (χ2v) is 5.99. The number of carbonyl (C=O) groups is 1. The van der Waals surface area contributed by atoms with Crippen molar-refractivity contribution < 1.29 is 31.6 Å². The van der Waals surface area contributed by atoms with Crippen LogP contribution in [0.25, 0.3) is 11.3 Å². The number of anilines is 1. The molecule has 0 saturated carbocycles. The van der Waals surface area contributed by atoms with Crippen molar-refractivity contribution in [3.05, 3.63) is 64.6 Å². The number of hydrogen-bond donors (Lipinski definition) is 1. The Labute approximate surface area is 160 Å². The van der Waals surface area contributed by atoms with Crippen LogP contribution in [0.15, 0.2) is 47.0 Å². The Bertz CT molecular complexity index is 996. The number of alkyl halides is 3. The first-order chi connectivity index (χ1) is 13.2. The maximum absolute atomic E-state index is 14.2. The van der Waals surface area contributed by atoms with Gasteiger partial charge in [-0.25, -0.2) is 4.39 Å². The van der Waals surface area contributed by atoms with E-state index < -0.39 is 23.8 Å². The SMILES string of the molecule is Cc1onc(-c2c(F)cccc2Cl)c1C(=O)Nc1ccc(OC(F)(F)F)cc1. The van der Waals surface area contributed by atoms with E-state index in [0.717, 1.165) is 18.2 Å². The molecular formula is C18H11ClF4N2O3. The summed E-state index contributed by atoms with van der Waals surface area (Å²) in [6, 6.07) is 8.52. The van der Waals surface area contributed by atoms with Crippen LogP contribution in [0.4, 0.5) is 23.2 Å². The predicted molar refractivity (Wildman–Crippen MR) is 92.7 cm³/mol. The fraction of sp³-hybridized carbons (Fsp3) is 0.111. The maximum atomic E-state index is 14.2. The quantitative estimate of drug-likeness (QED) is 0.565. The highest BCUT2D eigenvalue weighted by Crippen LogP contribution is 2.34.